The van der Waals surface area contributed by atoms with Crippen LogP contribution in [-0.2, 0) is 0 Å². The topological polar surface area (TPSA) is 92.5 Å². The number of hydrogen-bond donors (Lipinski definition) is 0. The molecule has 0 N–H and O–H groups in total. The van der Waals surface area contributed by atoms with Crippen LogP contribution in [-0.4, -0.2) is 0 Å². The number of hydrogen-bond acceptors (Lipinski definition) is 9. The van der Waals surface area contributed by atoms with Crippen LogP contribution in [0.1, 0.15) is 16.7 Å². The Bertz CT molecular complexity index is 2030. The van der Waals surface area contributed by atoms with Gasteiger partial charge in [-0.05, 0) is 92.1 Å². The maximum absolute atomic E-state index is 6.93. The molecule has 1 aliphatic rings. The predicted molar refractivity (Wildman–Crippen MR) is 205 cm³/mol. The van der Waals surface area contributed by atoms with Crippen LogP contribution in [0.4, 0.5) is 0 Å². The molecule has 51 heavy (non-hydrogen) atoms. The maximum Gasteiger partial charge on any atom is 0.460 e. The molecule has 1 aliphatic heterocycles. The van der Waals surface area contributed by atoms with Gasteiger partial charge in [0, 0.05) is 0 Å². The summed E-state index contributed by atoms with van der Waals surface area (Å²) in [7, 11) is -11.8. The van der Waals surface area contributed by atoms with Gasteiger partial charge in [0.1, 0.15) is 34.5 Å². The van der Waals surface area contributed by atoms with E-state index in [-0.39, 0.29) is 0 Å². The van der Waals surface area contributed by atoms with E-state index in [0.29, 0.717) is 34.5 Å². The van der Waals surface area contributed by atoms with E-state index < -0.39 is 23.0 Å². The van der Waals surface area contributed by atoms with Crippen LogP contribution in [0.15, 0.2) is 177 Å². The molecule has 12 heteroatoms. The molecular weight excluding hydrogens is 699 g/mol. The van der Waals surface area contributed by atoms with Gasteiger partial charge in [0.2, 0.25) is 0 Å². The Morgan fingerprint density at radius 3 is 0.784 bits per heavy atom. The molecule has 0 saturated heterocycles. The normalized spacial score (nSPS) is 20.8. The van der Waals surface area contributed by atoms with Crippen LogP contribution in [0.5, 0.6) is 34.5 Å². The van der Waals surface area contributed by atoms with Crippen molar-refractivity contribution in [3.8, 4) is 34.5 Å². The quantitative estimate of drug-likeness (QED) is 0.116. The predicted octanol–water partition coefficient (Wildman–Crippen LogP) is 13.2. The summed E-state index contributed by atoms with van der Waals surface area (Å²) in [6, 6.07) is 50.7. The molecule has 1 heterocycles. The third-order valence-electron chi connectivity index (χ3n) is 7.51. The largest absolute Gasteiger partial charge is 0.460 e. The van der Waals surface area contributed by atoms with E-state index in [1.807, 2.05) is 185 Å². The molecular formula is C39H36N3O6P3. The molecule has 0 aliphatic carbocycles. The molecule has 0 fully saturated rings. The number of nitrogens with zero attached hydrogens (tertiary/aromatic N) is 3. The second kappa shape index (κ2) is 15.0. The van der Waals surface area contributed by atoms with Crippen molar-refractivity contribution < 1.29 is 27.1 Å². The van der Waals surface area contributed by atoms with Crippen molar-refractivity contribution in [2.45, 2.75) is 20.8 Å². The summed E-state index contributed by atoms with van der Waals surface area (Å²) in [4.78, 5) is 0. The highest BCUT2D eigenvalue weighted by Gasteiger charge is 2.49. The highest BCUT2D eigenvalue weighted by molar-refractivity contribution is 7.79. The van der Waals surface area contributed by atoms with E-state index in [0.717, 1.165) is 16.7 Å². The fraction of sp³-hybridized carbons (Fsp3) is 0.0769. The Balaban J connectivity index is 1.59. The monoisotopic (exact) mass is 735 g/mol. The second-order valence-corrected chi connectivity index (χ2v) is 17.7. The number of para-hydroxylation sites is 6. The van der Waals surface area contributed by atoms with Gasteiger partial charge in [0.25, 0.3) is 0 Å². The standard InChI is InChI=1S/C39H36N3O6P3/c1-31-19-13-16-28-37(31)46-49(43-34-22-7-4-8-23-34)40-50(44-35-24-9-5-10-25-35,47-38-29-17-14-20-32(38)2)42-51(41-49,45-36-26-11-6-12-27-36)48-39-30-18-15-21-33(39)3/h4-30H,1-3H3. The molecule has 6 aromatic carbocycles. The van der Waals surface area contributed by atoms with Gasteiger partial charge in [-0.2, -0.15) is 0 Å². The number of rotatable bonds is 12. The summed E-state index contributed by atoms with van der Waals surface area (Å²) < 4.78 is 57.2. The molecule has 6 aromatic rings. The third kappa shape index (κ3) is 8.24. The van der Waals surface area contributed by atoms with Crippen molar-refractivity contribution in [1.82, 2.24) is 0 Å². The lowest BCUT2D eigenvalue weighted by molar-refractivity contribution is 0.441. The summed E-state index contributed by atoms with van der Waals surface area (Å²) >= 11 is 0. The van der Waals surface area contributed by atoms with Crippen molar-refractivity contribution in [3.05, 3.63) is 180 Å². The molecule has 0 aromatic heterocycles. The summed E-state index contributed by atoms with van der Waals surface area (Å²) in [6.07, 6.45) is 0. The fourth-order valence-electron chi connectivity index (χ4n) is 4.97. The summed E-state index contributed by atoms with van der Waals surface area (Å²) in [5, 5.41) is 0. The molecule has 0 spiro atoms. The van der Waals surface area contributed by atoms with Crippen molar-refractivity contribution in [2.75, 3.05) is 0 Å². The SMILES string of the molecule is Cc1ccccc1OP1(Oc2ccccc2)=NP(Oc2ccccc2)(Oc2ccccc2C)=NP(Oc2ccccc2)(Oc2ccccc2C)=N1. The first-order valence-corrected chi connectivity index (χ1v) is 20.8. The molecule has 0 saturated carbocycles. The zero-order chi connectivity index (χ0) is 35.2. The van der Waals surface area contributed by atoms with Crippen molar-refractivity contribution in [3.63, 3.8) is 0 Å². The summed E-state index contributed by atoms with van der Waals surface area (Å²) in [6.45, 7) is 5.84. The highest BCUT2D eigenvalue weighted by Crippen LogP contribution is 2.78. The van der Waals surface area contributed by atoms with E-state index in [9.17, 15) is 0 Å². The lowest BCUT2D eigenvalue weighted by atomic mass is 10.2. The minimum absolute atomic E-state index is 0.469. The van der Waals surface area contributed by atoms with E-state index in [2.05, 4.69) is 0 Å². The Morgan fingerprint density at radius 2 is 0.529 bits per heavy atom. The van der Waals surface area contributed by atoms with Gasteiger partial charge < -0.3 is 27.1 Å². The van der Waals surface area contributed by atoms with Crippen molar-refractivity contribution >= 4 is 23.0 Å². The first kappa shape index (κ1) is 34.3. The zero-order valence-corrected chi connectivity index (χ0v) is 30.9. The molecule has 0 atom stereocenters. The Morgan fingerprint density at radius 1 is 0.294 bits per heavy atom. The van der Waals surface area contributed by atoms with Gasteiger partial charge in [-0.1, -0.05) is 123 Å². The van der Waals surface area contributed by atoms with Crippen LogP contribution >= 0.6 is 23.0 Å². The Labute approximate surface area is 298 Å². The Kier molecular flexibility index (Phi) is 10.1. The molecule has 9 nitrogen and oxygen atoms in total. The molecule has 7 rings (SSSR count). The van der Waals surface area contributed by atoms with Crippen LogP contribution in [0.25, 0.3) is 0 Å². The summed E-state index contributed by atoms with van der Waals surface area (Å²) in [5.41, 5.74) is 2.55. The fourth-order valence-corrected chi connectivity index (χ4v) is 14.2. The van der Waals surface area contributed by atoms with Crippen LogP contribution in [0, 0.1) is 20.8 Å². The zero-order valence-electron chi connectivity index (χ0n) is 28.2. The van der Waals surface area contributed by atoms with E-state index in [1.165, 1.54) is 0 Å². The van der Waals surface area contributed by atoms with Crippen LogP contribution < -0.4 is 27.1 Å². The number of aryl methyl sites for hydroxylation is 3. The van der Waals surface area contributed by atoms with Gasteiger partial charge in [-0.15, -0.1) is 0 Å². The minimum Gasteiger partial charge on any atom is -0.413 e. The summed E-state index contributed by atoms with van der Waals surface area (Å²) in [5.74, 6) is 2.94. The van der Waals surface area contributed by atoms with Gasteiger partial charge in [-0.25, -0.2) is 0 Å². The van der Waals surface area contributed by atoms with E-state index in [1.54, 1.807) is 0 Å². The smallest absolute Gasteiger partial charge is 0.413 e. The van der Waals surface area contributed by atoms with E-state index in [4.69, 9.17) is 40.7 Å². The lowest BCUT2D eigenvalue weighted by Gasteiger charge is -2.33. The van der Waals surface area contributed by atoms with Crippen molar-refractivity contribution in [2.24, 2.45) is 13.5 Å². The van der Waals surface area contributed by atoms with Crippen LogP contribution in [0.2, 0.25) is 0 Å². The average molecular weight is 736 g/mol. The van der Waals surface area contributed by atoms with E-state index >= 15 is 0 Å². The number of benzene rings is 6. The second-order valence-electron chi connectivity index (χ2n) is 11.5. The van der Waals surface area contributed by atoms with Gasteiger partial charge in [-0.3, -0.25) is 0 Å². The average Bonchev–Trinajstić information content (AvgIpc) is 3.12. The molecule has 0 unspecified atom stereocenters. The Hall–Kier alpha value is -5.19. The molecule has 0 amide bonds. The van der Waals surface area contributed by atoms with Gasteiger partial charge in [0.05, 0.1) is 0 Å². The van der Waals surface area contributed by atoms with Crippen LogP contribution in [0.3, 0.4) is 0 Å². The highest BCUT2D eigenvalue weighted by atomic mass is 31.3. The maximum atomic E-state index is 6.93. The molecule has 0 bridgehead atoms. The third-order valence-corrected chi connectivity index (χ3v) is 15.6. The minimum atomic E-state index is -3.93. The lowest BCUT2D eigenvalue weighted by Crippen LogP contribution is -2.11. The first-order chi connectivity index (χ1) is 24.8. The van der Waals surface area contributed by atoms with Gasteiger partial charge in [0.15, 0.2) is 0 Å². The molecule has 258 valence electrons. The van der Waals surface area contributed by atoms with Gasteiger partial charge >= 0.3 is 23.0 Å². The van der Waals surface area contributed by atoms with Crippen molar-refractivity contribution in [1.29, 1.82) is 0 Å². The molecule has 0 radical (unpaired) electrons. The first-order valence-electron chi connectivity index (χ1n) is 16.2.